The van der Waals surface area contributed by atoms with Crippen LogP contribution in [-0.2, 0) is 25.5 Å². The summed E-state index contributed by atoms with van der Waals surface area (Å²) in [4.78, 5) is 34.4. The molecule has 0 aliphatic heterocycles. The summed E-state index contributed by atoms with van der Waals surface area (Å²) < 4.78 is 10.2. The topological polar surface area (TPSA) is 95.7 Å². The van der Waals surface area contributed by atoms with Crippen molar-refractivity contribution in [2.45, 2.75) is 20.3 Å². The Kier molecular flexibility index (Phi) is 6.97. The minimum atomic E-state index is -1.24. The molecule has 1 aromatic carbocycles. The van der Waals surface area contributed by atoms with Crippen LogP contribution in [0.15, 0.2) is 22.7 Å². The van der Waals surface area contributed by atoms with Gasteiger partial charge in [0.1, 0.15) is 0 Å². The number of halogens is 1. The maximum Gasteiger partial charge on any atom is 0.320 e. The molecule has 0 saturated heterocycles. The molecule has 0 aliphatic carbocycles. The summed E-state index contributed by atoms with van der Waals surface area (Å²) in [7, 11) is 0. The highest BCUT2D eigenvalue weighted by Crippen LogP contribution is 2.29. The summed E-state index contributed by atoms with van der Waals surface area (Å²) in [5, 5.41) is 11.1. The number of carbonyl (C=O) groups excluding carboxylic acids is 2. The van der Waals surface area contributed by atoms with Gasteiger partial charge in [0.05, 0.1) is 18.1 Å². The lowest BCUT2D eigenvalue weighted by molar-refractivity contribution is -0.385. The third-order valence-corrected chi connectivity index (χ3v) is 3.58. The lowest BCUT2D eigenvalue weighted by Gasteiger charge is -2.15. The maximum atomic E-state index is 11.9. The Balaban J connectivity index is 3.16. The lowest BCUT2D eigenvalue weighted by Crippen LogP contribution is -2.30. The van der Waals surface area contributed by atoms with Crippen LogP contribution >= 0.6 is 15.9 Å². The number of nitrogens with zero attached hydrogens (tertiary/aromatic N) is 1. The van der Waals surface area contributed by atoms with Crippen LogP contribution in [0.2, 0.25) is 0 Å². The fourth-order valence-electron chi connectivity index (χ4n) is 1.87. The van der Waals surface area contributed by atoms with Crippen molar-refractivity contribution in [2.75, 3.05) is 13.2 Å². The molecule has 0 bridgehead atoms. The van der Waals surface area contributed by atoms with Gasteiger partial charge in [-0.1, -0.05) is 22.0 Å². The number of esters is 2. The van der Waals surface area contributed by atoms with E-state index in [0.29, 0.717) is 4.47 Å². The molecule has 0 atom stereocenters. The fraction of sp³-hybridized carbons (Fsp3) is 0.429. The van der Waals surface area contributed by atoms with Crippen molar-refractivity contribution in [3.8, 4) is 0 Å². The number of hydrogen-bond donors (Lipinski definition) is 0. The second-order valence-electron chi connectivity index (χ2n) is 4.26. The first-order valence-electron chi connectivity index (χ1n) is 6.67. The van der Waals surface area contributed by atoms with E-state index in [1.54, 1.807) is 19.9 Å². The van der Waals surface area contributed by atoms with Crippen LogP contribution in [0.5, 0.6) is 0 Å². The number of benzene rings is 1. The van der Waals surface area contributed by atoms with Crippen molar-refractivity contribution in [3.63, 3.8) is 0 Å². The Bertz CT molecular complexity index is 556. The third kappa shape index (κ3) is 4.52. The standard InChI is InChI=1S/C14H16BrNO6/c1-3-21-13(17)10(14(18)22-4-2)8-9-11(15)6-5-7-12(9)16(19)20/h5-7,10H,3-4,8H2,1-2H3. The number of ether oxygens (including phenoxy) is 2. The molecule has 120 valence electrons. The zero-order valence-corrected chi connectivity index (χ0v) is 13.8. The van der Waals surface area contributed by atoms with Gasteiger partial charge < -0.3 is 9.47 Å². The minimum absolute atomic E-state index is 0.104. The molecular weight excluding hydrogens is 358 g/mol. The summed E-state index contributed by atoms with van der Waals surface area (Å²) in [6.07, 6.45) is -0.171. The minimum Gasteiger partial charge on any atom is -0.465 e. The van der Waals surface area contributed by atoms with E-state index < -0.39 is 22.8 Å². The average Bonchev–Trinajstić information content (AvgIpc) is 2.45. The van der Waals surface area contributed by atoms with Crippen molar-refractivity contribution in [2.24, 2.45) is 5.92 Å². The van der Waals surface area contributed by atoms with Gasteiger partial charge in [-0.25, -0.2) is 0 Å². The maximum absolute atomic E-state index is 11.9. The predicted molar refractivity (Wildman–Crippen MR) is 81.3 cm³/mol. The van der Waals surface area contributed by atoms with E-state index in [0.717, 1.165) is 0 Å². The second-order valence-corrected chi connectivity index (χ2v) is 5.11. The van der Waals surface area contributed by atoms with Gasteiger partial charge in [-0.15, -0.1) is 0 Å². The van der Waals surface area contributed by atoms with Gasteiger partial charge in [0.15, 0.2) is 5.92 Å². The summed E-state index contributed by atoms with van der Waals surface area (Å²) in [5.74, 6) is -2.76. The van der Waals surface area contributed by atoms with Crippen LogP contribution in [0.25, 0.3) is 0 Å². The van der Waals surface area contributed by atoms with Gasteiger partial charge in [0, 0.05) is 22.5 Å². The van der Waals surface area contributed by atoms with E-state index in [-0.39, 0.29) is 30.9 Å². The molecule has 0 aliphatic rings. The van der Waals surface area contributed by atoms with E-state index >= 15 is 0 Å². The molecule has 1 rings (SSSR count). The summed E-state index contributed by atoms with van der Waals surface area (Å²) >= 11 is 3.21. The monoisotopic (exact) mass is 373 g/mol. The number of nitro benzene ring substituents is 1. The lowest BCUT2D eigenvalue weighted by atomic mass is 9.98. The van der Waals surface area contributed by atoms with Crippen LogP contribution in [-0.4, -0.2) is 30.1 Å². The summed E-state index contributed by atoms with van der Waals surface area (Å²) in [5.41, 5.74) is 0.0755. The van der Waals surface area contributed by atoms with Crippen molar-refractivity contribution >= 4 is 33.6 Å². The Morgan fingerprint density at radius 2 is 1.77 bits per heavy atom. The van der Waals surface area contributed by atoms with Gasteiger partial charge in [-0.3, -0.25) is 19.7 Å². The number of carbonyl (C=O) groups is 2. The quantitative estimate of drug-likeness (QED) is 0.315. The van der Waals surface area contributed by atoms with Crippen molar-refractivity contribution in [1.82, 2.24) is 0 Å². The Labute approximate surface area is 135 Å². The zero-order chi connectivity index (χ0) is 16.7. The van der Waals surface area contributed by atoms with Crippen LogP contribution in [0.3, 0.4) is 0 Å². The molecule has 0 aromatic heterocycles. The van der Waals surface area contributed by atoms with Gasteiger partial charge in [-0.05, 0) is 19.9 Å². The Morgan fingerprint density at radius 1 is 1.23 bits per heavy atom. The molecule has 7 nitrogen and oxygen atoms in total. The van der Waals surface area contributed by atoms with E-state index in [9.17, 15) is 19.7 Å². The molecule has 0 heterocycles. The molecule has 1 aromatic rings. The third-order valence-electron chi connectivity index (χ3n) is 2.84. The molecule has 0 saturated carbocycles. The van der Waals surface area contributed by atoms with Crippen molar-refractivity contribution in [1.29, 1.82) is 0 Å². The second kappa shape index (κ2) is 8.47. The first-order valence-corrected chi connectivity index (χ1v) is 7.46. The predicted octanol–water partition coefficient (Wildman–Crippen LogP) is 2.64. The number of hydrogen-bond acceptors (Lipinski definition) is 6. The van der Waals surface area contributed by atoms with Crippen molar-refractivity contribution in [3.05, 3.63) is 38.3 Å². The smallest absolute Gasteiger partial charge is 0.320 e. The van der Waals surface area contributed by atoms with E-state index in [2.05, 4.69) is 15.9 Å². The highest BCUT2D eigenvalue weighted by molar-refractivity contribution is 9.10. The largest absolute Gasteiger partial charge is 0.465 e. The molecule has 0 spiro atoms. The summed E-state index contributed by atoms with van der Waals surface area (Å²) in [6.45, 7) is 3.43. The van der Waals surface area contributed by atoms with Crippen LogP contribution < -0.4 is 0 Å². The van der Waals surface area contributed by atoms with E-state index in [4.69, 9.17) is 9.47 Å². The van der Waals surface area contributed by atoms with Gasteiger partial charge >= 0.3 is 11.9 Å². The molecule has 0 fully saturated rings. The molecule has 0 unspecified atom stereocenters. The number of nitro groups is 1. The highest BCUT2D eigenvalue weighted by atomic mass is 79.9. The number of rotatable bonds is 7. The van der Waals surface area contributed by atoms with Crippen molar-refractivity contribution < 1.29 is 24.0 Å². The molecule has 8 heteroatoms. The van der Waals surface area contributed by atoms with Crippen LogP contribution in [0.4, 0.5) is 5.69 Å². The Morgan fingerprint density at radius 3 is 2.23 bits per heavy atom. The van der Waals surface area contributed by atoms with E-state index in [1.807, 2.05) is 0 Å². The summed E-state index contributed by atoms with van der Waals surface area (Å²) in [6, 6.07) is 4.43. The first kappa shape index (κ1) is 18.1. The van der Waals surface area contributed by atoms with Gasteiger partial charge in [0.25, 0.3) is 5.69 Å². The zero-order valence-electron chi connectivity index (χ0n) is 12.2. The molecule has 0 radical (unpaired) electrons. The van der Waals surface area contributed by atoms with Gasteiger partial charge in [0.2, 0.25) is 0 Å². The van der Waals surface area contributed by atoms with Crippen LogP contribution in [0, 0.1) is 16.0 Å². The van der Waals surface area contributed by atoms with Gasteiger partial charge in [-0.2, -0.15) is 0 Å². The SMILES string of the molecule is CCOC(=O)C(Cc1c(Br)cccc1[N+](=O)[O-])C(=O)OCC. The molecular formula is C14H16BrNO6. The van der Waals surface area contributed by atoms with Crippen LogP contribution in [0.1, 0.15) is 19.4 Å². The van der Waals surface area contributed by atoms with E-state index in [1.165, 1.54) is 12.1 Å². The normalized spacial score (nSPS) is 10.4. The average molecular weight is 374 g/mol. The highest BCUT2D eigenvalue weighted by Gasteiger charge is 2.33. The fourth-order valence-corrected chi connectivity index (χ4v) is 2.39. The molecule has 0 amide bonds. The molecule has 0 N–H and O–H groups in total. The first-order chi connectivity index (χ1) is 10.4. The Hall–Kier alpha value is -1.96. The molecule has 22 heavy (non-hydrogen) atoms.